The van der Waals surface area contributed by atoms with E-state index in [-0.39, 0.29) is 0 Å². The first kappa shape index (κ1) is 23.3. The maximum absolute atomic E-state index is 6.51. The number of hydrogen-bond acceptors (Lipinski definition) is 3. The SMILES string of the molecule is COc1ccc(N(c2ccc(C(C)(C)Cl)cc2)c2ccc(C(C)(C)Cl)cc2)c(OC)c1. The maximum Gasteiger partial charge on any atom is 0.146 e. The molecule has 0 heterocycles. The Morgan fingerprint density at radius 2 is 1.10 bits per heavy atom. The lowest BCUT2D eigenvalue weighted by atomic mass is 10.0. The first-order valence-corrected chi connectivity index (χ1v) is 10.9. The average molecular weight is 458 g/mol. The average Bonchev–Trinajstić information content (AvgIpc) is 2.73. The van der Waals surface area contributed by atoms with Gasteiger partial charge in [-0.05, 0) is 75.2 Å². The van der Waals surface area contributed by atoms with E-state index in [2.05, 4.69) is 53.4 Å². The van der Waals surface area contributed by atoms with Crippen molar-refractivity contribution >= 4 is 40.3 Å². The zero-order valence-electron chi connectivity index (χ0n) is 18.9. The van der Waals surface area contributed by atoms with E-state index in [9.17, 15) is 0 Å². The maximum atomic E-state index is 6.51. The Hall–Kier alpha value is -2.36. The van der Waals surface area contributed by atoms with Crippen molar-refractivity contribution in [3.8, 4) is 11.5 Å². The highest BCUT2D eigenvalue weighted by atomic mass is 35.5. The van der Waals surface area contributed by atoms with Gasteiger partial charge in [-0.2, -0.15) is 0 Å². The Bertz CT molecular complexity index is 960. The largest absolute Gasteiger partial charge is 0.497 e. The second kappa shape index (κ2) is 9.02. The normalized spacial score (nSPS) is 11.9. The van der Waals surface area contributed by atoms with Gasteiger partial charge in [0.05, 0.1) is 29.7 Å². The summed E-state index contributed by atoms with van der Waals surface area (Å²) < 4.78 is 11.1. The number of ether oxygens (including phenoxy) is 2. The molecule has 0 saturated carbocycles. The van der Waals surface area contributed by atoms with Crippen LogP contribution in [0.4, 0.5) is 17.1 Å². The van der Waals surface area contributed by atoms with Crippen molar-refractivity contribution in [2.45, 2.75) is 37.4 Å². The van der Waals surface area contributed by atoms with Gasteiger partial charge < -0.3 is 14.4 Å². The molecule has 0 atom stereocenters. The summed E-state index contributed by atoms with van der Waals surface area (Å²) in [7, 11) is 3.31. The van der Waals surface area contributed by atoms with Crippen LogP contribution in [0.2, 0.25) is 0 Å². The van der Waals surface area contributed by atoms with Crippen LogP contribution in [0, 0.1) is 0 Å². The number of benzene rings is 3. The first-order valence-electron chi connectivity index (χ1n) is 10.2. The van der Waals surface area contributed by atoms with Gasteiger partial charge in [0.2, 0.25) is 0 Å². The van der Waals surface area contributed by atoms with Crippen LogP contribution >= 0.6 is 23.2 Å². The summed E-state index contributed by atoms with van der Waals surface area (Å²) >= 11 is 13.0. The summed E-state index contributed by atoms with van der Waals surface area (Å²) in [5.41, 5.74) is 4.99. The lowest BCUT2D eigenvalue weighted by molar-refractivity contribution is 0.395. The summed E-state index contributed by atoms with van der Waals surface area (Å²) in [4.78, 5) is 1.28. The van der Waals surface area contributed by atoms with E-state index in [4.69, 9.17) is 32.7 Å². The Morgan fingerprint density at radius 3 is 1.45 bits per heavy atom. The summed E-state index contributed by atoms with van der Waals surface area (Å²) in [6, 6.07) is 22.3. The highest BCUT2D eigenvalue weighted by Crippen LogP contribution is 2.43. The van der Waals surface area contributed by atoms with Crippen LogP contribution < -0.4 is 14.4 Å². The first-order chi connectivity index (χ1) is 14.5. The number of hydrogen-bond donors (Lipinski definition) is 0. The van der Waals surface area contributed by atoms with Gasteiger partial charge in [0, 0.05) is 17.4 Å². The lowest BCUT2D eigenvalue weighted by Crippen LogP contribution is -2.13. The molecule has 31 heavy (non-hydrogen) atoms. The molecule has 0 bridgehead atoms. The molecule has 0 aromatic heterocycles. The minimum atomic E-state index is -0.436. The van der Waals surface area contributed by atoms with Crippen LogP contribution in [0.5, 0.6) is 11.5 Å². The molecule has 164 valence electrons. The van der Waals surface area contributed by atoms with Gasteiger partial charge in [-0.3, -0.25) is 0 Å². The van der Waals surface area contributed by atoms with Crippen molar-refractivity contribution in [1.82, 2.24) is 0 Å². The topological polar surface area (TPSA) is 21.7 Å². The highest BCUT2D eigenvalue weighted by molar-refractivity contribution is 6.23. The Kier molecular flexibility index (Phi) is 6.78. The fourth-order valence-electron chi connectivity index (χ4n) is 3.41. The van der Waals surface area contributed by atoms with E-state index in [0.29, 0.717) is 5.75 Å². The van der Waals surface area contributed by atoms with E-state index in [1.807, 2.05) is 45.9 Å². The highest BCUT2D eigenvalue weighted by Gasteiger charge is 2.22. The molecular weight excluding hydrogens is 429 g/mol. The zero-order chi connectivity index (χ0) is 22.8. The van der Waals surface area contributed by atoms with E-state index >= 15 is 0 Å². The van der Waals surface area contributed by atoms with Crippen molar-refractivity contribution in [2.75, 3.05) is 19.1 Å². The molecule has 0 spiro atoms. The number of nitrogens with zero attached hydrogens (tertiary/aromatic N) is 1. The smallest absolute Gasteiger partial charge is 0.146 e. The molecule has 0 aliphatic rings. The van der Waals surface area contributed by atoms with E-state index < -0.39 is 9.75 Å². The van der Waals surface area contributed by atoms with E-state index in [1.54, 1.807) is 14.2 Å². The van der Waals surface area contributed by atoms with E-state index in [0.717, 1.165) is 33.9 Å². The summed E-state index contributed by atoms with van der Waals surface area (Å²) in [5.74, 6) is 1.45. The molecule has 0 saturated heterocycles. The third-order valence-electron chi connectivity index (χ3n) is 5.25. The van der Waals surface area contributed by atoms with Crippen LogP contribution in [0.15, 0.2) is 66.7 Å². The van der Waals surface area contributed by atoms with Crippen LogP contribution in [0.25, 0.3) is 0 Å². The Balaban J connectivity index is 2.15. The number of anilines is 3. The predicted octanol–water partition coefficient (Wildman–Crippen LogP) is 8.12. The van der Waals surface area contributed by atoms with Crippen LogP contribution in [-0.2, 0) is 9.75 Å². The lowest BCUT2D eigenvalue weighted by Gasteiger charge is -2.28. The molecule has 0 unspecified atom stereocenters. The molecule has 0 radical (unpaired) electrons. The van der Waals surface area contributed by atoms with Crippen LogP contribution in [-0.4, -0.2) is 14.2 Å². The number of halogens is 2. The third-order valence-corrected chi connectivity index (χ3v) is 5.69. The van der Waals surface area contributed by atoms with Gasteiger partial charge in [-0.15, -0.1) is 23.2 Å². The molecular formula is C26H29Cl2NO2. The van der Waals surface area contributed by atoms with Crippen molar-refractivity contribution in [1.29, 1.82) is 0 Å². The molecule has 5 heteroatoms. The predicted molar refractivity (Wildman–Crippen MR) is 132 cm³/mol. The molecule has 0 aliphatic carbocycles. The number of alkyl halides is 2. The summed E-state index contributed by atoms with van der Waals surface area (Å²) in [6.45, 7) is 7.95. The molecule has 0 amide bonds. The third kappa shape index (κ3) is 5.28. The summed E-state index contributed by atoms with van der Waals surface area (Å²) in [5, 5.41) is 0. The standard InChI is InChI=1S/C26H29Cl2NO2/c1-25(2,27)18-7-11-20(12-8-18)29(21-13-9-19(10-14-21)26(3,4)28)23-16-15-22(30-5)17-24(23)31-6/h7-17H,1-6H3. The van der Waals surface area contributed by atoms with Gasteiger partial charge in [-0.25, -0.2) is 0 Å². The van der Waals surface area contributed by atoms with Gasteiger partial charge in [0.15, 0.2) is 0 Å². The number of methoxy groups -OCH3 is 2. The van der Waals surface area contributed by atoms with Crippen molar-refractivity contribution in [3.05, 3.63) is 77.9 Å². The molecule has 3 aromatic rings. The fraction of sp³-hybridized carbons (Fsp3) is 0.308. The minimum absolute atomic E-state index is 0.436. The molecule has 3 nitrogen and oxygen atoms in total. The van der Waals surface area contributed by atoms with Crippen LogP contribution in [0.3, 0.4) is 0 Å². The van der Waals surface area contributed by atoms with Gasteiger partial charge in [-0.1, -0.05) is 24.3 Å². The van der Waals surface area contributed by atoms with E-state index in [1.165, 1.54) is 0 Å². The van der Waals surface area contributed by atoms with Crippen molar-refractivity contribution in [2.24, 2.45) is 0 Å². The quantitative estimate of drug-likeness (QED) is 0.334. The zero-order valence-corrected chi connectivity index (χ0v) is 20.4. The summed E-state index contributed by atoms with van der Waals surface area (Å²) in [6.07, 6.45) is 0. The monoisotopic (exact) mass is 457 g/mol. The second-order valence-corrected chi connectivity index (χ2v) is 10.3. The Morgan fingerprint density at radius 1 is 0.645 bits per heavy atom. The molecule has 3 aromatic carbocycles. The van der Waals surface area contributed by atoms with Crippen molar-refractivity contribution in [3.63, 3.8) is 0 Å². The van der Waals surface area contributed by atoms with Gasteiger partial charge in [0.1, 0.15) is 11.5 Å². The number of rotatable bonds is 7. The van der Waals surface area contributed by atoms with Gasteiger partial charge >= 0.3 is 0 Å². The molecule has 0 fully saturated rings. The fourth-order valence-corrected chi connectivity index (χ4v) is 3.66. The van der Waals surface area contributed by atoms with Gasteiger partial charge in [0.25, 0.3) is 0 Å². The van der Waals surface area contributed by atoms with Crippen molar-refractivity contribution < 1.29 is 9.47 Å². The molecule has 0 aliphatic heterocycles. The second-order valence-electron chi connectivity index (χ2n) is 8.41. The Labute approximate surface area is 195 Å². The molecule has 0 N–H and O–H groups in total. The molecule has 3 rings (SSSR count). The van der Waals surface area contributed by atoms with Crippen LogP contribution in [0.1, 0.15) is 38.8 Å². The minimum Gasteiger partial charge on any atom is -0.497 e.